The number of hydrogen-bond acceptors (Lipinski definition) is 7. The normalized spacial score (nSPS) is 14.8. The van der Waals surface area contributed by atoms with Crippen LogP contribution in [-0.4, -0.2) is 31.6 Å². The number of amides is 2. The third kappa shape index (κ3) is 5.62. The van der Waals surface area contributed by atoms with Crippen molar-refractivity contribution in [3.63, 3.8) is 0 Å². The molecule has 0 unspecified atom stereocenters. The number of methoxy groups -OCH3 is 1. The molecule has 4 aromatic carbocycles. The number of imide groups is 1. The first-order chi connectivity index (χ1) is 18.7. The van der Waals surface area contributed by atoms with Crippen molar-refractivity contribution in [2.45, 2.75) is 11.4 Å². The third-order valence-corrected chi connectivity index (χ3v) is 8.84. The van der Waals surface area contributed by atoms with Gasteiger partial charge in [0.1, 0.15) is 4.90 Å². The molecule has 4 aromatic rings. The molecule has 0 aromatic heterocycles. The average Bonchev–Trinajstić information content (AvgIpc) is 3.18. The molecule has 1 aliphatic heterocycles. The molecule has 2 amide bonds. The lowest BCUT2D eigenvalue weighted by atomic mass is 10.1. The van der Waals surface area contributed by atoms with Crippen molar-refractivity contribution in [2.75, 3.05) is 7.11 Å². The first-order valence-corrected chi connectivity index (χ1v) is 14.4. The number of thioether (sulfide) groups is 1. The van der Waals surface area contributed by atoms with Crippen molar-refractivity contribution in [1.29, 1.82) is 0 Å². The minimum atomic E-state index is -4.19. The first kappa shape index (κ1) is 27.1. The van der Waals surface area contributed by atoms with Crippen LogP contribution in [0.4, 0.5) is 4.79 Å². The van der Waals surface area contributed by atoms with Gasteiger partial charge in [-0.15, -0.1) is 0 Å². The number of rotatable bonds is 7. The highest BCUT2D eigenvalue weighted by Gasteiger charge is 2.35. The second-order valence-electron chi connectivity index (χ2n) is 8.44. The highest BCUT2D eigenvalue weighted by Crippen LogP contribution is 2.37. The van der Waals surface area contributed by atoms with Gasteiger partial charge >= 0.3 is 10.1 Å². The zero-order chi connectivity index (χ0) is 27.7. The van der Waals surface area contributed by atoms with Crippen LogP contribution in [0.5, 0.6) is 11.5 Å². The second kappa shape index (κ2) is 10.9. The molecule has 0 atom stereocenters. The Hall–Kier alpha value is -3.50. The van der Waals surface area contributed by atoms with E-state index < -0.39 is 21.3 Å². The average molecular weight is 601 g/mol. The summed E-state index contributed by atoms with van der Waals surface area (Å²) in [7, 11) is -2.81. The molecule has 0 spiro atoms. The maximum Gasteiger partial charge on any atom is 0.339 e. The Bertz CT molecular complexity index is 1770. The van der Waals surface area contributed by atoms with Crippen molar-refractivity contribution in [3.05, 3.63) is 105 Å². The van der Waals surface area contributed by atoms with Crippen LogP contribution < -0.4 is 8.92 Å². The van der Waals surface area contributed by atoms with Crippen LogP contribution in [0.2, 0.25) is 10.0 Å². The minimum Gasteiger partial charge on any atom is -0.493 e. The number of fused-ring (bicyclic) bond motifs is 1. The Morgan fingerprint density at radius 2 is 1.67 bits per heavy atom. The number of nitrogens with zero attached hydrogens (tertiary/aromatic N) is 1. The molecule has 5 rings (SSSR count). The van der Waals surface area contributed by atoms with Gasteiger partial charge in [-0.2, -0.15) is 8.42 Å². The highest BCUT2D eigenvalue weighted by atomic mass is 35.5. The van der Waals surface area contributed by atoms with Gasteiger partial charge in [-0.1, -0.05) is 71.7 Å². The lowest BCUT2D eigenvalue weighted by Crippen LogP contribution is -2.27. The van der Waals surface area contributed by atoms with Gasteiger partial charge in [-0.3, -0.25) is 14.5 Å². The lowest BCUT2D eigenvalue weighted by molar-refractivity contribution is -0.123. The number of halogens is 2. The zero-order valence-electron chi connectivity index (χ0n) is 20.3. The van der Waals surface area contributed by atoms with Crippen molar-refractivity contribution in [2.24, 2.45) is 0 Å². The fourth-order valence-electron chi connectivity index (χ4n) is 4.03. The molecule has 1 fully saturated rings. The van der Waals surface area contributed by atoms with Crippen LogP contribution in [0.1, 0.15) is 11.1 Å². The SMILES string of the molecule is COc1cc(/C=C2\SC(=O)N(Cc3ccc(Cl)c(Cl)c3)C2=O)ccc1OS(=O)(=O)c1cccc2ccccc12. The number of ether oxygens (including phenoxy) is 1. The highest BCUT2D eigenvalue weighted by molar-refractivity contribution is 8.18. The largest absolute Gasteiger partial charge is 0.493 e. The molecular weight excluding hydrogens is 581 g/mol. The van der Waals surface area contributed by atoms with Crippen molar-refractivity contribution in [3.8, 4) is 11.5 Å². The van der Waals surface area contributed by atoms with Crippen LogP contribution in [0, 0.1) is 0 Å². The van der Waals surface area contributed by atoms with Crippen LogP contribution in [0.15, 0.2) is 88.7 Å². The molecule has 39 heavy (non-hydrogen) atoms. The number of carbonyl (C=O) groups excluding carboxylic acids is 2. The summed E-state index contributed by atoms with van der Waals surface area (Å²) < 4.78 is 37.1. The predicted octanol–water partition coefficient (Wildman–Crippen LogP) is 7.16. The van der Waals surface area contributed by atoms with E-state index in [0.29, 0.717) is 26.6 Å². The van der Waals surface area contributed by atoms with E-state index >= 15 is 0 Å². The van der Waals surface area contributed by atoms with E-state index in [2.05, 4.69) is 0 Å². The summed E-state index contributed by atoms with van der Waals surface area (Å²) in [6, 6.07) is 21.5. The fourth-order valence-corrected chi connectivity index (χ4v) is 6.35. The molecule has 0 saturated carbocycles. The van der Waals surface area contributed by atoms with E-state index in [1.165, 1.54) is 31.4 Å². The van der Waals surface area contributed by atoms with Gasteiger partial charge < -0.3 is 8.92 Å². The molecular formula is C28H19Cl2NO6S2. The molecule has 7 nitrogen and oxygen atoms in total. The van der Waals surface area contributed by atoms with Gasteiger partial charge in [0.15, 0.2) is 11.5 Å². The molecule has 198 valence electrons. The van der Waals surface area contributed by atoms with Crippen LogP contribution >= 0.6 is 35.0 Å². The predicted molar refractivity (Wildman–Crippen MR) is 153 cm³/mol. The summed E-state index contributed by atoms with van der Waals surface area (Å²) >= 11 is 12.8. The van der Waals surface area contributed by atoms with Crippen molar-refractivity contribution < 1.29 is 26.9 Å². The van der Waals surface area contributed by atoms with E-state index in [1.54, 1.807) is 42.5 Å². The summed E-state index contributed by atoms with van der Waals surface area (Å²) in [5.41, 5.74) is 1.17. The second-order valence-corrected chi connectivity index (χ2v) is 11.8. The quantitative estimate of drug-likeness (QED) is 0.164. The first-order valence-electron chi connectivity index (χ1n) is 11.5. The Morgan fingerprint density at radius 3 is 2.44 bits per heavy atom. The minimum absolute atomic E-state index is 0.0182. The molecule has 0 N–H and O–H groups in total. The Balaban J connectivity index is 1.38. The molecule has 11 heteroatoms. The Morgan fingerprint density at radius 1 is 0.897 bits per heavy atom. The molecule has 0 radical (unpaired) electrons. The van der Waals surface area contributed by atoms with E-state index in [0.717, 1.165) is 22.0 Å². The molecule has 1 saturated heterocycles. The molecule has 1 heterocycles. The maximum absolute atomic E-state index is 13.2. The van der Waals surface area contributed by atoms with E-state index in [-0.39, 0.29) is 27.8 Å². The van der Waals surface area contributed by atoms with E-state index in [4.69, 9.17) is 32.1 Å². The number of benzene rings is 4. The third-order valence-electron chi connectivity index (χ3n) is 5.90. The maximum atomic E-state index is 13.2. The molecule has 0 bridgehead atoms. The van der Waals surface area contributed by atoms with Crippen LogP contribution in [-0.2, 0) is 21.5 Å². The monoisotopic (exact) mass is 599 g/mol. The topological polar surface area (TPSA) is 90.0 Å². The van der Waals surface area contributed by atoms with Crippen molar-refractivity contribution >= 4 is 73.1 Å². The van der Waals surface area contributed by atoms with Crippen LogP contribution in [0.3, 0.4) is 0 Å². The van der Waals surface area contributed by atoms with Gasteiger partial charge in [0, 0.05) is 5.39 Å². The summed E-state index contributed by atoms with van der Waals surface area (Å²) in [5, 5.41) is 1.57. The van der Waals surface area contributed by atoms with Gasteiger partial charge in [0.25, 0.3) is 11.1 Å². The van der Waals surface area contributed by atoms with Gasteiger partial charge in [0.05, 0.1) is 28.6 Å². The zero-order valence-corrected chi connectivity index (χ0v) is 23.4. The van der Waals surface area contributed by atoms with Crippen LogP contribution in [0.25, 0.3) is 16.8 Å². The van der Waals surface area contributed by atoms with Gasteiger partial charge in [-0.05, 0) is 64.7 Å². The van der Waals surface area contributed by atoms with E-state index in [1.807, 2.05) is 18.2 Å². The summed E-state index contributed by atoms with van der Waals surface area (Å²) in [5.74, 6) is -0.341. The molecule has 1 aliphatic rings. The Kier molecular flexibility index (Phi) is 7.59. The van der Waals surface area contributed by atoms with E-state index in [9.17, 15) is 18.0 Å². The lowest BCUT2D eigenvalue weighted by Gasteiger charge is -2.13. The summed E-state index contributed by atoms with van der Waals surface area (Å²) in [6.07, 6.45) is 1.53. The van der Waals surface area contributed by atoms with Crippen molar-refractivity contribution in [1.82, 2.24) is 4.90 Å². The van der Waals surface area contributed by atoms with Gasteiger partial charge in [-0.25, -0.2) is 0 Å². The fraction of sp³-hybridized carbons (Fsp3) is 0.0714. The molecule has 0 aliphatic carbocycles. The standard InChI is InChI=1S/C28H19Cl2NO6S2/c1-36-24-14-17(15-25-27(32)31(28(33)38-25)16-18-9-11-21(29)22(30)13-18)10-12-23(24)37-39(34,35)26-8-4-6-19-5-2-3-7-20(19)26/h2-15H,16H2,1H3/b25-15-. The summed E-state index contributed by atoms with van der Waals surface area (Å²) in [6.45, 7) is 0.0427. The number of carbonyl (C=O) groups is 2. The Labute approximate surface area is 239 Å². The number of hydrogen-bond donors (Lipinski definition) is 0. The smallest absolute Gasteiger partial charge is 0.339 e. The summed E-state index contributed by atoms with van der Waals surface area (Å²) in [4.78, 5) is 26.9. The van der Waals surface area contributed by atoms with Gasteiger partial charge in [0.2, 0.25) is 0 Å².